The second kappa shape index (κ2) is 9.93. The van der Waals surface area contributed by atoms with Gasteiger partial charge in [0.05, 0.1) is 4.92 Å². The number of nitrogens with one attached hydrogen (secondary N) is 1. The number of nitro groups is 1. The van der Waals surface area contributed by atoms with Crippen molar-refractivity contribution in [1.82, 2.24) is 9.88 Å². The van der Waals surface area contributed by atoms with Crippen molar-refractivity contribution in [2.75, 3.05) is 18.4 Å². The first kappa shape index (κ1) is 21.5. The maximum Gasteiger partial charge on any atom is 0.273 e. The first-order valence-electron chi connectivity index (χ1n) is 9.08. The van der Waals surface area contributed by atoms with Crippen LogP contribution in [0, 0.1) is 24.0 Å². The summed E-state index contributed by atoms with van der Waals surface area (Å²) in [6.07, 6.45) is 4.31. The molecule has 0 fully saturated rings. The number of nitro benzene ring substituents is 1. The van der Waals surface area contributed by atoms with Crippen molar-refractivity contribution >= 4 is 34.0 Å². The van der Waals surface area contributed by atoms with E-state index in [0.717, 1.165) is 24.1 Å². The number of nitrogens with zero attached hydrogens (tertiary/aromatic N) is 3. The molecule has 2 aromatic rings. The van der Waals surface area contributed by atoms with Gasteiger partial charge in [-0.25, -0.2) is 4.98 Å². The van der Waals surface area contributed by atoms with Crippen LogP contribution in [0.3, 0.4) is 0 Å². The molecule has 0 spiro atoms. The van der Waals surface area contributed by atoms with Crippen LogP contribution in [-0.2, 0) is 4.79 Å². The molecule has 1 heterocycles. The summed E-state index contributed by atoms with van der Waals surface area (Å²) >= 11 is 1.35. The number of aryl methyl sites for hydroxylation is 2. The maximum absolute atomic E-state index is 12.9. The summed E-state index contributed by atoms with van der Waals surface area (Å²) in [6.45, 7) is 5.82. The molecule has 0 atom stereocenters. The molecule has 2 rings (SSSR count). The molecule has 8 nitrogen and oxygen atoms in total. The third kappa shape index (κ3) is 5.85. The zero-order valence-electron chi connectivity index (χ0n) is 16.2. The van der Waals surface area contributed by atoms with Crippen LogP contribution in [0.25, 0.3) is 0 Å². The maximum atomic E-state index is 12.9. The van der Waals surface area contributed by atoms with E-state index in [4.69, 9.17) is 0 Å². The van der Waals surface area contributed by atoms with Crippen LogP contribution in [0.4, 0.5) is 10.8 Å². The second-order valence-electron chi connectivity index (χ2n) is 6.52. The van der Waals surface area contributed by atoms with Gasteiger partial charge in [-0.05, 0) is 26.3 Å². The molecule has 0 aliphatic rings. The van der Waals surface area contributed by atoms with Gasteiger partial charge in [-0.2, -0.15) is 0 Å². The molecule has 1 N–H and O–H groups in total. The summed E-state index contributed by atoms with van der Waals surface area (Å²) in [6, 6.07) is 4.38. The SMILES string of the molecule is CCCCCN(CC(=O)Nc1ncc(C)s1)C(=O)c1ccc(C)c([N+](=O)[O-])c1. The third-order valence-electron chi connectivity index (χ3n) is 4.17. The number of hydrogen-bond donors (Lipinski definition) is 1. The van der Waals surface area contributed by atoms with E-state index in [-0.39, 0.29) is 23.7 Å². The summed E-state index contributed by atoms with van der Waals surface area (Å²) < 4.78 is 0. The van der Waals surface area contributed by atoms with E-state index in [9.17, 15) is 19.7 Å². The van der Waals surface area contributed by atoms with Crippen molar-refractivity contribution in [3.8, 4) is 0 Å². The number of rotatable bonds is 9. The van der Waals surface area contributed by atoms with E-state index in [1.807, 2.05) is 13.8 Å². The molecule has 9 heteroatoms. The summed E-state index contributed by atoms with van der Waals surface area (Å²) in [4.78, 5) is 42.5. The molecular formula is C19H24N4O4S. The molecule has 0 unspecified atom stereocenters. The minimum absolute atomic E-state index is 0.109. The van der Waals surface area contributed by atoms with Gasteiger partial charge in [0.2, 0.25) is 5.91 Å². The number of anilines is 1. The molecule has 0 aliphatic carbocycles. The standard InChI is InChI=1S/C19H24N4O4S/c1-4-5-6-9-22(12-17(24)21-19-20-11-14(3)28-19)18(25)15-8-7-13(2)16(10-15)23(26)27/h7-8,10-11H,4-6,9,12H2,1-3H3,(H,20,21,24). The van der Waals surface area contributed by atoms with E-state index in [1.54, 1.807) is 25.3 Å². The number of aromatic nitrogens is 1. The fourth-order valence-electron chi connectivity index (χ4n) is 2.67. The Morgan fingerprint density at radius 3 is 2.64 bits per heavy atom. The van der Waals surface area contributed by atoms with Crippen LogP contribution in [-0.4, -0.2) is 39.7 Å². The molecule has 0 saturated heterocycles. The van der Waals surface area contributed by atoms with Crippen molar-refractivity contribution in [1.29, 1.82) is 0 Å². The first-order chi connectivity index (χ1) is 13.3. The average Bonchev–Trinajstić information content (AvgIpc) is 3.05. The van der Waals surface area contributed by atoms with Gasteiger partial charge >= 0.3 is 0 Å². The summed E-state index contributed by atoms with van der Waals surface area (Å²) in [7, 11) is 0. The minimum Gasteiger partial charge on any atom is -0.329 e. The molecule has 2 amide bonds. The highest BCUT2D eigenvalue weighted by Crippen LogP contribution is 2.21. The second-order valence-corrected chi connectivity index (χ2v) is 7.75. The lowest BCUT2D eigenvalue weighted by Gasteiger charge is -2.22. The molecule has 0 bridgehead atoms. The number of carbonyl (C=O) groups excluding carboxylic acids is 2. The zero-order chi connectivity index (χ0) is 20.7. The normalized spacial score (nSPS) is 10.5. The summed E-state index contributed by atoms with van der Waals surface area (Å²) in [5, 5.41) is 14.3. The molecule has 1 aromatic carbocycles. The monoisotopic (exact) mass is 404 g/mol. The molecule has 28 heavy (non-hydrogen) atoms. The van der Waals surface area contributed by atoms with Gasteiger partial charge in [-0.1, -0.05) is 25.8 Å². The van der Waals surface area contributed by atoms with E-state index in [2.05, 4.69) is 10.3 Å². The van der Waals surface area contributed by atoms with Crippen LogP contribution in [0.15, 0.2) is 24.4 Å². The fraction of sp³-hybridized carbons (Fsp3) is 0.421. The van der Waals surface area contributed by atoms with Crippen molar-refractivity contribution in [3.05, 3.63) is 50.5 Å². The Bertz CT molecular complexity index is 865. The van der Waals surface area contributed by atoms with Gasteiger partial charge in [-0.15, -0.1) is 11.3 Å². The molecule has 0 radical (unpaired) electrons. The summed E-state index contributed by atoms with van der Waals surface area (Å²) in [5.74, 6) is -0.745. The Morgan fingerprint density at radius 2 is 2.04 bits per heavy atom. The van der Waals surface area contributed by atoms with Crippen molar-refractivity contribution in [2.24, 2.45) is 0 Å². The van der Waals surface area contributed by atoms with Crippen LogP contribution in [0.5, 0.6) is 0 Å². The van der Waals surface area contributed by atoms with Crippen molar-refractivity contribution < 1.29 is 14.5 Å². The number of benzene rings is 1. The highest BCUT2D eigenvalue weighted by atomic mass is 32.1. The quantitative estimate of drug-likeness (QED) is 0.387. The van der Waals surface area contributed by atoms with Crippen LogP contribution >= 0.6 is 11.3 Å². The number of hydrogen-bond acceptors (Lipinski definition) is 6. The number of thiazole rings is 1. The number of unbranched alkanes of at least 4 members (excludes halogenated alkanes) is 2. The van der Waals surface area contributed by atoms with Crippen molar-refractivity contribution in [3.63, 3.8) is 0 Å². The Labute approximate surface area is 167 Å². The summed E-state index contributed by atoms with van der Waals surface area (Å²) in [5.41, 5.74) is 0.574. The lowest BCUT2D eigenvalue weighted by Crippen LogP contribution is -2.38. The largest absolute Gasteiger partial charge is 0.329 e. The number of carbonyl (C=O) groups is 2. The Balaban J connectivity index is 2.16. The molecule has 150 valence electrons. The van der Waals surface area contributed by atoms with E-state index < -0.39 is 10.8 Å². The topological polar surface area (TPSA) is 105 Å². The van der Waals surface area contributed by atoms with Crippen molar-refractivity contribution in [2.45, 2.75) is 40.0 Å². The van der Waals surface area contributed by atoms with Gasteiger partial charge in [0.1, 0.15) is 6.54 Å². The Kier molecular flexibility index (Phi) is 7.62. The van der Waals surface area contributed by atoms with Gasteiger partial charge in [0.15, 0.2) is 5.13 Å². The number of amides is 2. The lowest BCUT2D eigenvalue weighted by molar-refractivity contribution is -0.385. The molecular weight excluding hydrogens is 380 g/mol. The smallest absolute Gasteiger partial charge is 0.273 e. The van der Waals surface area contributed by atoms with Crippen LogP contribution in [0.2, 0.25) is 0 Å². The highest BCUT2D eigenvalue weighted by molar-refractivity contribution is 7.15. The molecule has 1 aromatic heterocycles. The van der Waals surface area contributed by atoms with Gasteiger partial charge in [0, 0.05) is 34.8 Å². The minimum atomic E-state index is -0.509. The van der Waals surface area contributed by atoms with E-state index in [0.29, 0.717) is 17.2 Å². The van der Waals surface area contributed by atoms with E-state index >= 15 is 0 Å². The first-order valence-corrected chi connectivity index (χ1v) is 9.90. The molecule has 0 saturated carbocycles. The van der Waals surface area contributed by atoms with Crippen LogP contribution < -0.4 is 5.32 Å². The average molecular weight is 404 g/mol. The third-order valence-corrected chi connectivity index (χ3v) is 5.00. The van der Waals surface area contributed by atoms with Crippen LogP contribution in [0.1, 0.15) is 47.0 Å². The lowest BCUT2D eigenvalue weighted by atomic mass is 10.1. The Hall–Kier alpha value is -2.81. The Morgan fingerprint density at radius 1 is 1.29 bits per heavy atom. The predicted octanol–water partition coefficient (Wildman–Crippen LogP) is 3.94. The van der Waals surface area contributed by atoms with Gasteiger partial charge < -0.3 is 10.2 Å². The van der Waals surface area contributed by atoms with Gasteiger partial charge in [-0.3, -0.25) is 19.7 Å². The van der Waals surface area contributed by atoms with Gasteiger partial charge in [0.25, 0.3) is 11.6 Å². The predicted molar refractivity (Wildman–Crippen MR) is 109 cm³/mol. The molecule has 0 aliphatic heterocycles. The van der Waals surface area contributed by atoms with E-state index in [1.165, 1.54) is 22.3 Å². The fourth-order valence-corrected chi connectivity index (χ4v) is 3.35. The zero-order valence-corrected chi connectivity index (χ0v) is 17.0. The highest BCUT2D eigenvalue weighted by Gasteiger charge is 2.22.